The summed E-state index contributed by atoms with van der Waals surface area (Å²) < 4.78 is 108. The van der Waals surface area contributed by atoms with E-state index in [4.69, 9.17) is 4.74 Å². The Morgan fingerprint density at radius 3 is 2.09 bits per heavy atom. The topological polar surface area (TPSA) is 18.5 Å². The van der Waals surface area contributed by atoms with Crippen molar-refractivity contribution in [2.24, 2.45) is 11.8 Å². The van der Waals surface area contributed by atoms with E-state index in [2.05, 4.69) is 11.7 Å². The van der Waals surface area contributed by atoms with Crippen molar-refractivity contribution in [3.05, 3.63) is 76.3 Å². The number of hydrogen-bond acceptors (Lipinski definition) is 2. The molecule has 1 saturated carbocycles. The lowest BCUT2D eigenvalue weighted by Crippen LogP contribution is -2.25. The van der Waals surface area contributed by atoms with Crippen molar-refractivity contribution in [2.75, 3.05) is 0 Å². The lowest BCUT2D eigenvalue weighted by molar-refractivity contribution is -0.188. The van der Waals surface area contributed by atoms with Gasteiger partial charge in [0, 0.05) is 17.7 Å². The lowest BCUT2D eigenvalue weighted by atomic mass is 9.77. The lowest BCUT2D eigenvalue weighted by Gasteiger charge is -2.32. The van der Waals surface area contributed by atoms with Gasteiger partial charge in [0.05, 0.1) is 6.26 Å². The average molecular weight is 488 g/mol. The fourth-order valence-corrected chi connectivity index (χ4v) is 4.59. The molecule has 1 atom stereocenters. The minimum atomic E-state index is -4.49. The summed E-state index contributed by atoms with van der Waals surface area (Å²) in [7, 11) is 0. The Kier molecular flexibility index (Phi) is 6.82. The first-order valence-corrected chi connectivity index (χ1v) is 11.1. The van der Waals surface area contributed by atoms with Gasteiger partial charge in [-0.15, -0.1) is 0 Å². The molecule has 1 aliphatic carbocycles. The van der Waals surface area contributed by atoms with Crippen LogP contribution in [0.4, 0.5) is 30.7 Å². The Bertz CT molecular complexity index is 1070. The van der Waals surface area contributed by atoms with E-state index < -0.39 is 52.6 Å². The normalized spacial score (nSPS) is 23.3. The number of benzene rings is 2. The van der Waals surface area contributed by atoms with Crippen molar-refractivity contribution in [3.63, 3.8) is 0 Å². The molecule has 1 fully saturated rings. The maximum absolute atomic E-state index is 14.8. The van der Waals surface area contributed by atoms with Gasteiger partial charge in [0.2, 0.25) is 0 Å². The molecule has 34 heavy (non-hydrogen) atoms. The minimum absolute atomic E-state index is 0.182. The van der Waals surface area contributed by atoms with Gasteiger partial charge in [-0.25, -0.2) is 22.0 Å². The first-order valence-electron chi connectivity index (χ1n) is 11.1. The molecule has 0 bridgehead atoms. The second-order valence-corrected chi connectivity index (χ2v) is 8.96. The van der Waals surface area contributed by atoms with E-state index in [1.54, 1.807) is 6.26 Å². The van der Waals surface area contributed by atoms with Crippen molar-refractivity contribution in [3.8, 4) is 5.75 Å². The average Bonchev–Trinajstić information content (AvgIpc) is 2.79. The fourth-order valence-electron chi connectivity index (χ4n) is 4.59. The highest BCUT2D eigenvalue weighted by Gasteiger charge is 2.40. The van der Waals surface area contributed by atoms with Gasteiger partial charge < -0.3 is 9.47 Å². The molecule has 1 aliphatic heterocycles. The predicted molar refractivity (Wildman–Crippen MR) is 109 cm³/mol. The van der Waals surface area contributed by atoms with E-state index >= 15 is 0 Å². The molecule has 4 rings (SSSR count). The van der Waals surface area contributed by atoms with Crippen LogP contribution < -0.4 is 4.74 Å². The van der Waals surface area contributed by atoms with E-state index in [1.165, 1.54) is 0 Å². The summed E-state index contributed by atoms with van der Waals surface area (Å²) in [6.45, 7) is 2.21. The Balaban J connectivity index is 1.51. The van der Waals surface area contributed by atoms with Gasteiger partial charge in [-0.3, -0.25) is 0 Å². The third-order valence-electron chi connectivity index (χ3n) is 6.60. The summed E-state index contributed by atoms with van der Waals surface area (Å²) in [5, 5.41) is 0. The highest BCUT2D eigenvalue weighted by molar-refractivity contribution is 5.32. The zero-order chi connectivity index (χ0) is 24.6. The van der Waals surface area contributed by atoms with E-state index in [1.807, 2.05) is 0 Å². The second-order valence-electron chi connectivity index (χ2n) is 8.96. The quantitative estimate of drug-likeness (QED) is 0.313. The highest BCUT2D eigenvalue weighted by atomic mass is 19.3. The first-order chi connectivity index (χ1) is 16.1. The molecule has 2 aliphatic rings. The van der Waals surface area contributed by atoms with Crippen LogP contribution in [-0.4, -0.2) is 0 Å². The number of hydrogen-bond donors (Lipinski definition) is 0. The van der Waals surface area contributed by atoms with Crippen molar-refractivity contribution in [1.82, 2.24) is 0 Å². The van der Waals surface area contributed by atoms with Crippen LogP contribution in [0, 0.1) is 40.9 Å². The van der Waals surface area contributed by atoms with E-state index in [9.17, 15) is 30.7 Å². The molecular formula is C25H23F7O2. The smallest absolute Gasteiger partial charge is 0.429 e. The monoisotopic (exact) mass is 488 g/mol. The third kappa shape index (κ3) is 4.88. The molecule has 1 heterocycles. The fraction of sp³-hybridized carbons (Fsp3) is 0.440. The molecular weight excluding hydrogens is 465 g/mol. The summed E-state index contributed by atoms with van der Waals surface area (Å²) in [5.74, 6) is -8.80. The van der Waals surface area contributed by atoms with E-state index in [0.717, 1.165) is 37.3 Å². The Morgan fingerprint density at radius 1 is 0.853 bits per heavy atom. The number of allylic oxidation sites excluding steroid dienone is 1. The molecule has 2 aromatic rings. The van der Waals surface area contributed by atoms with Crippen LogP contribution >= 0.6 is 0 Å². The maximum Gasteiger partial charge on any atom is 0.429 e. The molecule has 1 unspecified atom stereocenters. The van der Waals surface area contributed by atoms with Crippen molar-refractivity contribution < 1.29 is 40.2 Å². The summed E-state index contributed by atoms with van der Waals surface area (Å²) >= 11 is 0. The largest absolute Gasteiger partial charge is 0.493 e. The van der Waals surface area contributed by atoms with Crippen LogP contribution in [0.3, 0.4) is 0 Å². The van der Waals surface area contributed by atoms with Crippen molar-refractivity contribution in [2.45, 2.75) is 57.7 Å². The summed E-state index contributed by atoms with van der Waals surface area (Å²) in [6, 6.07) is 1.97. The molecule has 2 aromatic carbocycles. The van der Waals surface area contributed by atoms with E-state index in [0.29, 0.717) is 30.7 Å². The Morgan fingerprint density at radius 2 is 1.50 bits per heavy atom. The maximum atomic E-state index is 14.8. The Labute approximate surface area is 192 Å². The van der Waals surface area contributed by atoms with Crippen LogP contribution in [0.2, 0.25) is 0 Å². The second kappa shape index (κ2) is 9.50. The number of alkyl halides is 2. The SMILES string of the molecule is CC1CCC(C2=COC(c3ccc(C(F)(F)Oc4cc(F)c(F)c(F)c4)c(F)c3F)CC2)CC1. The van der Waals surface area contributed by atoms with Gasteiger partial charge in [-0.1, -0.05) is 25.8 Å². The standard InChI is InChI=1S/C25H23F7O2/c1-13-2-4-14(5-3-13)15-6-9-21(33-12-15)17-7-8-18(23(29)22(17)28)25(31,32)34-16-10-19(26)24(30)20(27)11-16/h7-8,10-14,21H,2-6,9H2,1H3. The van der Waals surface area contributed by atoms with Crippen LogP contribution in [0.15, 0.2) is 36.1 Å². The van der Waals surface area contributed by atoms with Gasteiger partial charge in [0.15, 0.2) is 29.1 Å². The number of halogens is 7. The molecule has 184 valence electrons. The van der Waals surface area contributed by atoms with Crippen LogP contribution in [0.1, 0.15) is 62.7 Å². The molecule has 0 N–H and O–H groups in total. The van der Waals surface area contributed by atoms with Crippen LogP contribution in [0.5, 0.6) is 5.75 Å². The van der Waals surface area contributed by atoms with Gasteiger partial charge >= 0.3 is 6.11 Å². The van der Waals surface area contributed by atoms with Gasteiger partial charge in [0.1, 0.15) is 17.4 Å². The van der Waals surface area contributed by atoms with E-state index in [-0.39, 0.29) is 17.7 Å². The third-order valence-corrected chi connectivity index (χ3v) is 6.60. The van der Waals surface area contributed by atoms with Gasteiger partial charge in [0.25, 0.3) is 0 Å². The van der Waals surface area contributed by atoms with Crippen LogP contribution in [-0.2, 0) is 10.8 Å². The molecule has 0 saturated heterocycles. The molecule has 2 nitrogen and oxygen atoms in total. The molecule has 0 radical (unpaired) electrons. The molecule has 0 aromatic heterocycles. The minimum Gasteiger partial charge on any atom is -0.493 e. The van der Waals surface area contributed by atoms with Crippen molar-refractivity contribution in [1.29, 1.82) is 0 Å². The zero-order valence-corrected chi connectivity index (χ0v) is 18.3. The van der Waals surface area contributed by atoms with Crippen LogP contribution in [0.25, 0.3) is 0 Å². The van der Waals surface area contributed by atoms with Crippen molar-refractivity contribution >= 4 is 0 Å². The molecule has 9 heteroatoms. The summed E-state index contributed by atoms with van der Waals surface area (Å²) in [6.07, 6.45) is 1.60. The summed E-state index contributed by atoms with van der Waals surface area (Å²) in [5.41, 5.74) is -0.565. The zero-order valence-electron chi connectivity index (χ0n) is 18.3. The van der Waals surface area contributed by atoms with Gasteiger partial charge in [-0.05, 0) is 49.2 Å². The number of rotatable bonds is 5. The molecule has 0 amide bonds. The highest BCUT2D eigenvalue weighted by Crippen LogP contribution is 2.41. The summed E-state index contributed by atoms with van der Waals surface area (Å²) in [4.78, 5) is 0. The Hall–Kier alpha value is -2.71. The number of ether oxygens (including phenoxy) is 2. The van der Waals surface area contributed by atoms with Gasteiger partial charge in [-0.2, -0.15) is 8.78 Å². The first kappa shape index (κ1) is 24.4. The predicted octanol–water partition coefficient (Wildman–Crippen LogP) is 8.07. The molecule has 0 spiro atoms.